The molecule has 5 nitrogen and oxygen atoms in total. The Labute approximate surface area is 177 Å². The highest BCUT2D eigenvalue weighted by Gasteiger charge is 2.35. The van der Waals surface area contributed by atoms with Crippen molar-refractivity contribution in [2.45, 2.75) is 44.7 Å². The summed E-state index contributed by atoms with van der Waals surface area (Å²) in [5, 5.41) is 4.04. The molecule has 162 valence electrons. The fraction of sp³-hybridized carbons (Fsp3) is 0.348. The summed E-state index contributed by atoms with van der Waals surface area (Å²) in [7, 11) is 0. The molecule has 2 heterocycles. The van der Waals surface area contributed by atoms with Gasteiger partial charge >= 0.3 is 6.18 Å². The third kappa shape index (κ3) is 4.33. The number of anilines is 1. The largest absolute Gasteiger partial charge is 0.416 e. The number of amides is 1. The molecule has 0 radical (unpaired) electrons. The Kier molecular flexibility index (Phi) is 5.11. The zero-order chi connectivity index (χ0) is 22.4. The van der Waals surface area contributed by atoms with Crippen LogP contribution in [-0.4, -0.2) is 22.6 Å². The molecule has 0 saturated carbocycles. The van der Waals surface area contributed by atoms with Crippen LogP contribution < -0.4 is 4.90 Å². The van der Waals surface area contributed by atoms with Gasteiger partial charge in [0.15, 0.2) is 5.82 Å². The molecular weight excluding hydrogens is 407 g/mol. The third-order valence-corrected chi connectivity index (χ3v) is 5.44. The van der Waals surface area contributed by atoms with E-state index in [1.165, 1.54) is 22.6 Å². The van der Waals surface area contributed by atoms with Gasteiger partial charge in [-0.1, -0.05) is 38.1 Å². The van der Waals surface area contributed by atoms with E-state index in [0.29, 0.717) is 17.4 Å². The van der Waals surface area contributed by atoms with Gasteiger partial charge in [0, 0.05) is 30.1 Å². The Balaban J connectivity index is 1.49. The Morgan fingerprint density at radius 3 is 2.16 bits per heavy atom. The Hall–Kier alpha value is -3.16. The number of hydrogen-bond donors (Lipinski definition) is 0. The summed E-state index contributed by atoms with van der Waals surface area (Å²) >= 11 is 0. The maximum absolute atomic E-state index is 12.8. The highest BCUT2D eigenvalue weighted by atomic mass is 19.4. The Morgan fingerprint density at radius 2 is 1.58 bits per heavy atom. The van der Waals surface area contributed by atoms with Gasteiger partial charge in [0.1, 0.15) is 0 Å². The first-order valence-corrected chi connectivity index (χ1v) is 9.94. The zero-order valence-corrected chi connectivity index (χ0v) is 17.4. The van der Waals surface area contributed by atoms with E-state index in [1.54, 1.807) is 0 Å². The number of carbonyl (C=O) groups excluding carboxylic acids is 1. The quantitative estimate of drug-likeness (QED) is 0.546. The first-order valence-electron chi connectivity index (χ1n) is 9.94. The molecule has 1 amide bonds. The Morgan fingerprint density at radius 1 is 0.968 bits per heavy atom. The van der Waals surface area contributed by atoms with E-state index in [-0.39, 0.29) is 30.2 Å². The minimum Gasteiger partial charge on any atom is -0.334 e. The molecular formula is C23H22F3N3O2. The van der Waals surface area contributed by atoms with Crippen molar-refractivity contribution >= 4 is 11.6 Å². The van der Waals surface area contributed by atoms with E-state index >= 15 is 0 Å². The number of carbonyl (C=O) groups is 1. The van der Waals surface area contributed by atoms with Crippen LogP contribution in [0.25, 0.3) is 11.5 Å². The summed E-state index contributed by atoms with van der Waals surface area (Å²) in [6, 6.07) is 12.4. The van der Waals surface area contributed by atoms with Gasteiger partial charge in [0.25, 0.3) is 5.89 Å². The number of halogens is 3. The van der Waals surface area contributed by atoms with Crippen LogP contribution in [0.3, 0.4) is 0 Å². The molecule has 0 N–H and O–H groups in total. The molecule has 1 unspecified atom stereocenters. The molecule has 1 aliphatic heterocycles. The van der Waals surface area contributed by atoms with Gasteiger partial charge in [-0.15, -0.1) is 0 Å². The van der Waals surface area contributed by atoms with Crippen LogP contribution in [0, 0.1) is 0 Å². The van der Waals surface area contributed by atoms with Crippen LogP contribution in [0.4, 0.5) is 18.9 Å². The number of aromatic nitrogens is 2. The second kappa shape index (κ2) is 7.51. The van der Waals surface area contributed by atoms with Crippen molar-refractivity contribution in [2.24, 2.45) is 0 Å². The minimum absolute atomic E-state index is 0.0322. The highest BCUT2D eigenvalue weighted by Crippen LogP contribution is 2.34. The number of alkyl halides is 3. The lowest BCUT2D eigenvalue weighted by Gasteiger charge is -2.18. The standard InChI is InChI=1S/C23H22F3N3O2/c1-22(2,3)16-6-4-14(5-7-16)21-27-20(28-31-21)15-12-19(30)29(13-15)18-10-8-17(9-11-18)23(24,25)26/h4-11,15H,12-13H2,1-3H3. The summed E-state index contributed by atoms with van der Waals surface area (Å²) in [5.41, 5.74) is 1.67. The summed E-state index contributed by atoms with van der Waals surface area (Å²) in [6.45, 7) is 6.68. The maximum Gasteiger partial charge on any atom is 0.416 e. The van der Waals surface area contributed by atoms with Crippen molar-refractivity contribution in [3.8, 4) is 11.5 Å². The van der Waals surface area contributed by atoms with E-state index in [4.69, 9.17) is 4.52 Å². The van der Waals surface area contributed by atoms with Gasteiger partial charge in [0.05, 0.1) is 5.56 Å². The average Bonchev–Trinajstić information content (AvgIpc) is 3.34. The monoisotopic (exact) mass is 429 g/mol. The highest BCUT2D eigenvalue weighted by molar-refractivity contribution is 5.96. The smallest absolute Gasteiger partial charge is 0.334 e. The molecule has 3 aromatic rings. The van der Waals surface area contributed by atoms with Crippen molar-refractivity contribution in [3.05, 3.63) is 65.5 Å². The lowest BCUT2D eigenvalue weighted by Crippen LogP contribution is -2.24. The van der Waals surface area contributed by atoms with Gasteiger partial charge < -0.3 is 9.42 Å². The van der Waals surface area contributed by atoms with Gasteiger partial charge in [-0.25, -0.2) is 0 Å². The fourth-order valence-corrected chi connectivity index (χ4v) is 3.59. The first kappa shape index (κ1) is 21.1. The van der Waals surface area contributed by atoms with E-state index in [9.17, 15) is 18.0 Å². The molecule has 2 aromatic carbocycles. The third-order valence-electron chi connectivity index (χ3n) is 5.44. The van der Waals surface area contributed by atoms with Crippen molar-refractivity contribution in [2.75, 3.05) is 11.4 Å². The molecule has 31 heavy (non-hydrogen) atoms. The predicted octanol–water partition coefficient (Wildman–Crippen LogP) is 5.57. The molecule has 1 saturated heterocycles. The predicted molar refractivity (Wildman–Crippen MR) is 110 cm³/mol. The SMILES string of the molecule is CC(C)(C)c1ccc(-c2nc(C3CC(=O)N(c4ccc(C(F)(F)F)cc4)C3)no2)cc1. The lowest BCUT2D eigenvalue weighted by atomic mass is 9.87. The van der Waals surface area contributed by atoms with Crippen molar-refractivity contribution < 1.29 is 22.5 Å². The lowest BCUT2D eigenvalue weighted by molar-refractivity contribution is -0.137. The molecule has 8 heteroatoms. The van der Waals surface area contributed by atoms with Crippen LogP contribution in [0.5, 0.6) is 0 Å². The molecule has 0 aliphatic carbocycles. The van der Waals surface area contributed by atoms with Gasteiger partial charge in [-0.05, 0) is 47.4 Å². The first-order chi connectivity index (χ1) is 14.5. The summed E-state index contributed by atoms with van der Waals surface area (Å²) in [6.07, 6.45) is -4.24. The van der Waals surface area contributed by atoms with E-state index in [2.05, 4.69) is 30.9 Å². The van der Waals surface area contributed by atoms with Gasteiger partial charge in [-0.3, -0.25) is 4.79 Å². The number of hydrogen-bond acceptors (Lipinski definition) is 4. The van der Waals surface area contributed by atoms with Crippen LogP contribution in [-0.2, 0) is 16.4 Å². The second-order valence-corrected chi connectivity index (χ2v) is 8.74. The molecule has 1 aromatic heterocycles. The number of nitrogens with zero attached hydrogens (tertiary/aromatic N) is 3. The topological polar surface area (TPSA) is 59.2 Å². The molecule has 0 spiro atoms. The Bertz CT molecular complexity index is 1080. The van der Waals surface area contributed by atoms with E-state index in [1.807, 2.05) is 24.3 Å². The number of benzene rings is 2. The molecule has 1 atom stereocenters. The molecule has 4 rings (SSSR count). The zero-order valence-electron chi connectivity index (χ0n) is 17.4. The molecule has 1 aliphatic rings. The van der Waals surface area contributed by atoms with Crippen molar-refractivity contribution in [1.29, 1.82) is 0 Å². The van der Waals surface area contributed by atoms with E-state index < -0.39 is 11.7 Å². The van der Waals surface area contributed by atoms with Crippen LogP contribution in [0.15, 0.2) is 53.1 Å². The van der Waals surface area contributed by atoms with Crippen molar-refractivity contribution in [1.82, 2.24) is 10.1 Å². The molecule has 1 fully saturated rings. The summed E-state index contributed by atoms with van der Waals surface area (Å²) in [5.74, 6) is 0.306. The number of rotatable bonds is 3. The van der Waals surface area contributed by atoms with Crippen LogP contribution in [0.2, 0.25) is 0 Å². The van der Waals surface area contributed by atoms with Crippen molar-refractivity contribution in [3.63, 3.8) is 0 Å². The van der Waals surface area contributed by atoms with Gasteiger partial charge in [-0.2, -0.15) is 18.2 Å². The fourth-order valence-electron chi connectivity index (χ4n) is 3.59. The summed E-state index contributed by atoms with van der Waals surface area (Å²) in [4.78, 5) is 18.4. The maximum atomic E-state index is 12.8. The van der Waals surface area contributed by atoms with Crippen LogP contribution >= 0.6 is 0 Å². The normalized spacial score (nSPS) is 17.4. The second-order valence-electron chi connectivity index (χ2n) is 8.74. The average molecular weight is 429 g/mol. The van der Waals surface area contributed by atoms with Gasteiger partial charge in [0.2, 0.25) is 5.91 Å². The van der Waals surface area contributed by atoms with E-state index in [0.717, 1.165) is 17.7 Å². The minimum atomic E-state index is -4.41. The molecule has 0 bridgehead atoms. The summed E-state index contributed by atoms with van der Waals surface area (Å²) < 4.78 is 43.7. The van der Waals surface area contributed by atoms with Crippen LogP contribution in [0.1, 0.15) is 50.1 Å².